The van der Waals surface area contributed by atoms with Gasteiger partial charge in [0.1, 0.15) is 11.5 Å². The third kappa shape index (κ3) is 1.25. The highest BCUT2D eigenvalue weighted by molar-refractivity contribution is 5.14. The zero-order chi connectivity index (χ0) is 7.84. The molecule has 11 heavy (non-hydrogen) atoms. The maximum absolute atomic E-state index is 11.9. The number of aromatic nitrogens is 1. The van der Waals surface area contributed by atoms with Gasteiger partial charge in [-0.05, 0) is 12.8 Å². The maximum atomic E-state index is 11.9. The van der Waals surface area contributed by atoms with E-state index in [9.17, 15) is 8.78 Å². The molecule has 0 saturated heterocycles. The summed E-state index contributed by atoms with van der Waals surface area (Å²) in [5.74, 6) is 0.968. The molecule has 4 heteroatoms. The summed E-state index contributed by atoms with van der Waals surface area (Å²) in [4.78, 5) is 0. The second-order valence-corrected chi connectivity index (χ2v) is 2.73. The molecule has 1 aliphatic rings. The predicted molar refractivity (Wildman–Crippen MR) is 33.4 cm³/mol. The summed E-state index contributed by atoms with van der Waals surface area (Å²) in [5, 5.41) is 3.25. The number of rotatable bonds is 2. The highest BCUT2D eigenvalue weighted by Gasteiger charge is 2.28. The fourth-order valence-electron chi connectivity index (χ4n) is 0.967. The van der Waals surface area contributed by atoms with Gasteiger partial charge >= 0.3 is 0 Å². The van der Waals surface area contributed by atoms with E-state index in [-0.39, 0.29) is 5.69 Å². The van der Waals surface area contributed by atoms with Crippen LogP contribution in [-0.4, -0.2) is 5.16 Å². The second-order valence-electron chi connectivity index (χ2n) is 2.73. The van der Waals surface area contributed by atoms with Crippen molar-refractivity contribution in [2.45, 2.75) is 25.2 Å². The molecule has 2 rings (SSSR count). The summed E-state index contributed by atoms with van der Waals surface area (Å²) in [6, 6.07) is 1.35. The molecule has 0 N–H and O–H groups in total. The van der Waals surface area contributed by atoms with Gasteiger partial charge < -0.3 is 4.52 Å². The van der Waals surface area contributed by atoms with Crippen molar-refractivity contribution in [3.8, 4) is 0 Å². The van der Waals surface area contributed by atoms with Crippen molar-refractivity contribution in [1.82, 2.24) is 5.16 Å². The first-order valence-electron chi connectivity index (χ1n) is 3.52. The second kappa shape index (κ2) is 2.29. The van der Waals surface area contributed by atoms with Gasteiger partial charge in [-0.25, -0.2) is 8.78 Å². The molecule has 0 unspecified atom stereocenters. The fraction of sp³-hybridized carbons (Fsp3) is 0.571. The molecule has 0 radical (unpaired) electrons. The molecule has 1 heterocycles. The molecule has 60 valence electrons. The van der Waals surface area contributed by atoms with Gasteiger partial charge in [0, 0.05) is 12.0 Å². The molecule has 0 bridgehead atoms. The molecule has 1 aromatic rings. The Morgan fingerprint density at radius 3 is 2.73 bits per heavy atom. The minimum Gasteiger partial charge on any atom is -0.361 e. The monoisotopic (exact) mass is 159 g/mol. The normalized spacial score (nSPS) is 17.7. The summed E-state index contributed by atoms with van der Waals surface area (Å²) in [6.07, 6.45) is -0.429. The fourth-order valence-corrected chi connectivity index (χ4v) is 0.967. The van der Waals surface area contributed by atoms with Crippen molar-refractivity contribution in [3.63, 3.8) is 0 Å². The molecule has 0 aromatic carbocycles. The van der Waals surface area contributed by atoms with Crippen LogP contribution in [0.3, 0.4) is 0 Å². The zero-order valence-corrected chi connectivity index (χ0v) is 5.76. The minimum atomic E-state index is -2.51. The van der Waals surface area contributed by atoms with Crippen LogP contribution in [-0.2, 0) is 0 Å². The largest absolute Gasteiger partial charge is 0.361 e. The number of nitrogens with zero attached hydrogens (tertiary/aromatic N) is 1. The van der Waals surface area contributed by atoms with Gasteiger partial charge in [-0.2, -0.15) is 0 Å². The summed E-state index contributed by atoms with van der Waals surface area (Å²) < 4.78 is 28.6. The van der Waals surface area contributed by atoms with Crippen LogP contribution < -0.4 is 0 Å². The van der Waals surface area contributed by atoms with Crippen LogP contribution >= 0.6 is 0 Å². The third-order valence-corrected chi connectivity index (χ3v) is 1.75. The first kappa shape index (κ1) is 6.76. The minimum absolute atomic E-state index is 0.244. The lowest BCUT2D eigenvalue weighted by Crippen LogP contribution is -1.80. The van der Waals surface area contributed by atoms with Gasteiger partial charge in [0.2, 0.25) is 0 Å². The molecule has 0 atom stereocenters. The Bertz CT molecular complexity index is 238. The molecular weight excluding hydrogens is 152 g/mol. The molecule has 0 aliphatic heterocycles. The Labute approximate surface area is 62.2 Å². The van der Waals surface area contributed by atoms with Crippen LogP contribution in [0.5, 0.6) is 0 Å². The topological polar surface area (TPSA) is 26.0 Å². The maximum Gasteiger partial charge on any atom is 0.283 e. The molecule has 1 aliphatic carbocycles. The lowest BCUT2D eigenvalue weighted by molar-refractivity contribution is 0.140. The van der Waals surface area contributed by atoms with Crippen molar-refractivity contribution in [3.05, 3.63) is 17.5 Å². The first-order chi connectivity index (χ1) is 5.27. The van der Waals surface area contributed by atoms with Gasteiger partial charge in [-0.1, -0.05) is 5.16 Å². The van der Waals surface area contributed by atoms with Gasteiger partial charge in [-0.15, -0.1) is 0 Å². The van der Waals surface area contributed by atoms with E-state index in [0.29, 0.717) is 11.7 Å². The molecule has 1 saturated carbocycles. The van der Waals surface area contributed by atoms with Crippen molar-refractivity contribution in [2.24, 2.45) is 0 Å². The molecule has 1 aromatic heterocycles. The van der Waals surface area contributed by atoms with E-state index in [0.717, 1.165) is 12.8 Å². The Morgan fingerprint density at radius 2 is 2.27 bits per heavy atom. The van der Waals surface area contributed by atoms with E-state index in [4.69, 9.17) is 4.52 Å². The van der Waals surface area contributed by atoms with E-state index in [2.05, 4.69) is 5.16 Å². The highest BCUT2D eigenvalue weighted by atomic mass is 19.3. The van der Waals surface area contributed by atoms with Crippen LogP contribution in [0.4, 0.5) is 8.78 Å². The number of hydrogen-bond acceptors (Lipinski definition) is 2. The van der Waals surface area contributed by atoms with Crippen molar-refractivity contribution >= 4 is 0 Å². The number of hydrogen-bond donors (Lipinski definition) is 0. The molecule has 0 spiro atoms. The standard InChI is InChI=1S/C7H7F2NO/c8-7(9)5-3-6(11-10-5)4-1-2-4/h3-4,7H,1-2H2. The van der Waals surface area contributed by atoms with Gasteiger partial charge in [-0.3, -0.25) is 0 Å². The summed E-state index contributed by atoms with van der Waals surface area (Å²) in [7, 11) is 0. The van der Waals surface area contributed by atoms with Crippen molar-refractivity contribution in [2.75, 3.05) is 0 Å². The Hall–Kier alpha value is -0.930. The molecular formula is C7H7F2NO. The van der Waals surface area contributed by atoms with Crippen molar-refractivity contribution in [1.29, 1.82) is 0 Å². The number of alkyl halides is 2. The van der Waals surface area contributed by atoms with E-state index in [1.165, 1.54) is 6.07 Å². The van der Waals surface area contributed by atoms with Gasteiger partial charge in [0.25, 0.3) is 6.43 Å². The zero-order valence-electron chi connectivity index (χ0n) is 5.76. The van der Waals surface area contributed by atoms with Gasteiger partial charge in [0.05, 0.1) is 0 Å². The predicted octanol–water partition coefficient (Wildman–Crippen LogP) is 2.49. The average molecular weight is 159 g/mol. The van der Waals surface area contributed by atoms with Crippen LogP contribution in [0.2, 0.25) is 0 Å². The van der Waals surface area contributed by atoms with E-state index in [1.54, 1.807) is 0 Å². The SMILES string of the molecule is FC(F)c1cc(C2CC2)on1. The summed E-state index contributed by atoms with van der Waals surface area (Å²) in [6.45, 7) is 0. The van der Waals surface area contributed by atoms with E-state index >= 15 is 0 Å². The first-order valence-corrected chi connectivity index (χ1v) is 3.52. The van der Waals surface area contributed by atoms with Crippen LogP contribution in [0.15, 0.2) is 10.6 Å². The van der Waals surface area contributed by atoms with Crippen LogP contribution in [0.25, 0.3) is 0 Å². The lowest BCUT2D eigenvalue weighted by atomic mass is 10.3. The summed E-state index contributed by atoms with van der Waals surface area (Å²) >= 11 is 0. The van der Waals surface area contributed by atoms with Crippen LogP contribution in [0.1, 0.15) is 36.6 Å². The van der Waals surface area contributed by atoms with Crippen molar-refractivity contribution < 1.29 is 13.3 Å². The van der Waals surface area contributed by atoms with Gasteiger partial charge in [0.15, 0.2) is 0 Å². The smallest absolute Gasteiger partial charge is 0.283 e. The van der Waals surface area contributed by atoms with Crippen LogP contribution in [0, 0.1) is 0 Å². The van der Waals surface area contributed by atoms with E-state index in [1.807, 2.05) is 0 Å². The van der Waals surface area contributed by atoms with E-state index < -0.39 is 6.43 Å². The Kier molecular flexibility index (Phi) is 1.41. The Morgan fingerprint density at radius 1 is 1.55 bits per heavy atom. The number of halogens is 2. The molecule has 1 fully saturated rings. The Balaban J connectivity index is 2.18. The highest BCUT2D eigenvalue weighted by Crippen LogP contribution is 2.40. The summed E-state index contributed by atoms with van der Waals surface area (Å²) in [5.41, 5.74) is -0.244. The lowest BCUT2D eigenvalue weighted by Gasteiger charge is -1.85. The molecule has 0 amide bonds. The average Bonchev–Trinajstić information content (AvgIpc) is 2.68. The quantitative estimate of drug-likeness (QED) is 0.662. The third-order valence-electron chi connectivity index (χ3n) is 1.75. The molecule has 2 nitrogen and oxygen atoms in total.